The van der Waals surface area contributed by atoms with Crippen LogP contribution in [0, 0.1) is 11.3 Å². The third-order valence-corrected chi connectivity index (χ3v) is 6.04. The minimum Gasteiger partial charge on any atom is -0.383 e. The first-order valence-electron chi connectivity index (χ1n) is 9.95. The first-order valence-corrected chi connectivity index (χ1v) is 9.95. The lowest BCUT2D eigenvalue weighted by Gasteiger charge is -2.42. The van der Waals surface area contributed by atoms with Crippen LogP contribution in [0.15, 0.2) is 0 Å². The highest BCUT2D eigenvalue weighted by Crippen LogP contribution is 2.47. The van der Waals surface area contributed by atoms with E-state index in [1.807, 2.05) is 0 Å². The summed E-state index contributed by atoms with van der Waals surface area (Å²) >= 11 is 0. The van der Waals surface area contributed by atoms with Crippen molar-refractivity contribution in [1.82, 2.24) is 5.32 Å². The van der Waals surface area contributed by atoms with Crippen LogP contribution in [0.4, 0.5) is 0 Å². The Bertz CT molecular complexity index is 364. The van der Waals surface area contributed by atoms with Gasteiger partial charge < -0.3 is 19.5 Å². The highest BCUT2D eigenvalue weighted by atomic mass is 16.7. The molecule has 0 amide bonds. The highest BCUT2D eigenvalue weighted by Gasteiger charge is 2.46. The van der Waals surface area contributed by atoms with Crippen molar-refractivity contribution in [2.24, 2.45) is 11.3 Å². The van der Waals surface area contributed by atoms with E-state index in [9.17, 15) is 0 Å². The average Bonchev–Trinajstić information content (AvgIpc) is 2.91. The summed E-state index contributed by atoms with van der Waals surface area (Å²) in [6.07, 6.45) is 8.46. The molecule has 1 saturated carbocycles. The van der Waals surface area contributed by atoms with Gasteiger partial charge in [-0.3, -0.25) is 0 Å². The van der Waals surface area contributed by atoms with Crippen LogP contribution in [-0.2, 0) is 14.2 Å². The van der Waals surface area contributed by atoms with Gasteiger partial charge in [-0.1, -0.05) is 27.2 Å². The summed E-state index contributed by atoms with van der Waals surface area (Å²) in [5.41, 5.74) is 0.454. The molecular formula is C20H39NO3. The molecule has 24 heavy (non-hydrogen) atoms. The molecule has 2 atom stereocenters. The first-order chi connectivity index (χ1) is 11.4. The maximum Gasteiger partial charge on any atom is 0.168 e. The lowest BCUT2D eigenvalue weighted by molar-refractivity contribution is -0.197. The number of ether oxygens (including phenoxy) is 3. The molecule has 1 N–H and O–H groups in total. The Labute approximate surface area is 149 Å². The van der Waals surface area contributed by atoms with E-state index >= 15 is 0 Å². The number of hydrogen-bond donors (Lipinski definition) is 1. The van der Waals surface area contributed by atoms with Crippen molar-refractivity contribution in [2.45, 2.75) is 90.6 Å². The third kappa shape index (κ3) is 5.42. The molecule has 1 heterocycles. The molecule has 2 rings (SSSR count). The van der Waals surface area contributed by atoms with Gasteiger partial charge >= 0.3 is 0 Å². The molecule has 1 aliphatic heterocycles. The van der Waals surface area contributed by atoms with E-state index in [0.717, 1.165) is 44.9 Å². The molecule has 0 bridgehead atoms. The van der Waals surface area contributed by atoms with Crippen LogP contribution in [0.25, 0.3) is 0 Å². The fourth-order valence-electron chi connectivity index (χ4n) is 4.51. The number of methoxy groups -OCH3 is 1. The quantitative estimate of drug-likeness (QED) is 0.684. The van der Waals surface area contributed by atoms with Gasteiger partial charge in [0, 0.05) is 26.0 Å². The molecule has 4 heteroatoms. The average molecular weight is 342 g/mol. The predicted molar refractivity (Wildman–Crippen MR) is 98.2 cm³/mol. The molecule has 0 aromatic rings. The zero-order chi connectivity index (χ0) is 17.6. The molecule has 0 aromatic heterocycles. The van der Waals surface area contributed by atoms with Gasteiger partial charge in [0.1, 0.15) is 0 Å². The van der Waals surface area contributed by atoms with Crippen molar-refractivity contribution in [3.63, 3.8) is 0 Å². The second kappa shape index (κ2) is 8.98. The Morgan fingerprint density at radius 2 is 2.00 bits per heavy atom. The van der Waals surface area contributed by atoms with Gasteiger partial charge in [-0.2, -0.15) is 0 Å². The van der Waals surface area contributed by atoms with E-state index in [1.165, 1.54) is 25.7 Å². The van der Waals surface area contributed by atoms with Gasteiger partial charge in [0.15, 0.2) is 5.79 Å². The topological polar surface area (TPSA) is 39.7 Å². The van der Waals surface area contributed by atoms with Crippen LogP contribution in [0.3, 0.4) is 0 Å². The first kappa shape index (κ1) is 20.2. The monoisotopic (exact) mass is 341 g/mol. The Kier molecular flexibility index (Phi) is 7.54. The fourth-order valence-corrected chi connectivity index (χ4v) is 4.51. The van der Waals surface area contributed by atoms with Gasteiger partial charge in [0.2, 0.25) is 0 Å². The van der Waals surface area contributed by atoms with E-state index in [2.05, 4.69) is 33.0 Å². The van der Waals surface area contributed by atoms with Crippen LogP contribution < -0.4 is 5.32 Å². The SMILES string of the molecule is CCCC(C)(C)C1CCC2(CC1)OCC(CCNC(C)COC)O2. The van der Waals surface area contributed by atoms with Gasteiger partial charge in [0.05, 0.1) is 19.3 Å². The largest absolute Gasteiger partial charge is 0.383 e. The minimum absolute atomic E-state index is 0.243. The molecule has 2 aliphatic rings. The molecule has 142 valence electrons. The van der Waals surface area contributed by atoms with Crippen molar-refractivity contribution in [3.8, 4) is 0 Å². The van der Waals surface area contributed by atoms with Gasteiger partial charge in [-0.15, -0.1) is 0 Å². The smallest absolute Gasteiger partial charge is 0.168 e. The standard InChI is InChI=1S/C20H39NO3/c1-6-10-19(3,4)17-7-11-20(12-8-17)23-15-18(24-20)9-13-21-16(2)14-22-5/h16-18,21H,6-15H2,1-5H3. The second-order valence-electron chi connectivity index (χ2n) is 8.57. The zero-order valence-corrected chi connectivity index (χ0v) is 16.5. The normalized spacial score (nSPS) is 32.4. The lowest BCUT2D eigenvalue weighted by atomic mass is 9.68. The summed E-state index contributed by atoms with van der Waals surface area (Å²) in [7, 11) is 1.74. The summed E-state index contributed by atoms with van der Waals surface area (Å²) in [6.45, 7) is 11.8. The van der Waals surface area contributed by atoms with Crippen LogP contribution in [0.1, 0.15) is 72.6 Å². The Balaban J connectivity index is 1.71. The van der Waals surface area contributed by atoms with Crippen molar-refractivity contribution in [2.75, 3.05) is 26.9 Å². The van der Waals surface area contributed by atoms with Crippen LogP contribution in [0.5, 0.6) is 0 Å². The molecule has 4 nitrogen and oxygen atoms in total. The molecule has 1 saturated heterocycles. The molecule has 2 unspecified atom stereocenters. The van der Waals surface area contributed by atoms with Crippen LogP contribution in [-0.4, -0.2) is 44.8 Å². The van der Waals surface area contributed by atoms with Crippen molar-refractivity contribution in [1.29, 1.82) is 0 Å². The van der Waals surface area contributed by atoms with E-state index < -0.39 is 0 Å². The number of hydrogen-bond acceptors (Lipinski definition) is 4. The minimum atomic E-state index is -0.276. The van der Waals surface area contributed by atoms with Crippen LogP contribution in [0.2, 0.25) is 0 Å². The van der Waals surface area contributed by atoms with Crippen molar-refractivity contribution in [3.05, 3.63) is 0 Å². The van der Waals surface area contributed by atoms with E-state index in [0.29, 0.717) is 11.5 Å². The molecule has 0 aromatic carbocycles. The van der Waals surface area contributed by atoms with Crippen molar-refractivity contribution < 1.29 is 14.2 Å². The van der Waals surface area contributed by atoms with Crippen LogP contribution >= 0.6 is 0 Å². The molecule has 2 fully saturated rings. The highest BCUT2D eigenvalue weighted by molar-refractivity contribution is 4.90. The summed E-state index contributed by atoms with van der Waals surface area (Å²) < 4.78 is 17.7. The maximum atomic E-state index is 6.36. The number of nitrogens with one attached hydrogen (secondary N) is 1. The van der Waals surface area contributed by atoms with E-state index in [4.69, 9.17) is 14.2 Å². The number of rotatable bonds is 9. The molecular weight excluding hydrogens is 302 g/mol. The molecule has 1 aliphatic carbocycles. The second-order valence-corrected chi connectivity index (χ2v) is 8.57. The van der Waals surface area contributed by atoms with Gasteiger partial charge in [-0.25, -0.2) is 0 Å². The zero-order valence-electron chi connectivity index (χ0n) is 16.5. The summed E-state index contributed by atoms with van der Waals surface area (Å²) in [5.74, 6) is 0.535. The van der Waals surface area contributed by atoms with Gasteiger partial charge in [-0.05, 0) is 50.5 Å². The summed E-state index contributed by atoms with van der Waals surface area (Å²) in [5, 5.41) is 3.48. The predicted octanol–water partition coefficient (Wildman–Crippen LogP) is 4.13. The Morgan fingerprint density at radius 3 is 2.62 bits per heavy atom. The summed E-state index contributed by atoms with van der Waals surface area (Å²) in [4.78, 5) is 0. The maximum absolute atomic E-state index is 6.36. The fraction of sp³-hybridized carbons (Fsp3) is 1.00. The van der Waals surface area contributed by atoms with E-state index in [-0.39, 0.29) is 11.9 Å². The lowest BCUT2D eigenvalue weighted by Crippen LogP contribution is -2.39. The Hall–Kier alpha value is -0.160. The van der Waals surface area contributed by atoms with E-state index in [1.54, 1.807) is 7.11 Å². The Morgan fingerprint density at radius 1 is 1.29 bits per heavy atom. The summed E-state index contributed by atoms with van der Waals surface area (Å²) in [6, 6.07) is 0.391. The third-order valence-electron chi connectivity index (χ3n) is 6.04. The van der Waals surface area contributed by atoms with Crippen molar-refractivity contribution >= 4 is 0 Å². The molecule has 1 spiro atoms. The molecule has 0 radical (unpaired) electrons. The van der Waals surface area contributed by atoms with Gasteiger partial charge in [0.25, 0.3) is 0 Å².